The van der Waals surface area contributed by atoms with Gasteiger partial charge in [0.15, 0.2) is 5.88 Å². The third-order valence-electron chi connectivity index (χ3n) is 3.64. The first-order valence-electron chi connectivity index (χ1n) is 7.67. The van der Waals surface area contributed by atoms with Crippen molar-refractivity contribution in [2.24, 2.45) is 5.10 Å². The van der Waals surface area contributed by atoms with Crippen molar-refractivity contribution in [1.82, 2.24) is 5.43 Å². The third kappa shape index (κ3) is 3.75. The maximum atomic E-state index is 12.1. The average Bonchev–Trinajstić information content (AvgIpc) is 3.11. The molecule has 2 aromatic rings. The fourth-order valence-corrected chi connectivity index (χ4v) is 2.41. The van der Waals surface area contributed by atoms with Crippen molar-refractivity contribution in [2.75, 3.05) is 38.3 Å². The summed E-state index contributed by atoms with van der Waals surface area (Å²) in [5.41, 5.74) is 2.89. The highest BCUT2D eigenvalue weighted by molar-refractivity contribution is 5.97. The monoisotopic (exact) mass is 329 g/mol. The maximum absolute atomic E-state index is 12.1. The van der Waals surface area contributed by atoms with E-state index in [9.17, 15) is 4.79 Å². The largest absolute Gasteiger partial charge is 0.496 e. The molecule has 24 heavy (non-hydrogen) atoms. The molecule has 3 rings (SSSR count). The van der Waals surface area contributed by atoms with Gasteiger partial charge in [-0.25, -0.2) is 5.43 Å². The zero-order valence-corrected chi connectivity index (χ0v) is 13.4. The zero-order chi connectivity index (χ0) is 16.8. The number of nitrogens with zero attached hydrogens (tertiary/aromatic N) is 2. The molecule has 1 N–H and O–H groups in total. The number of amides is 1. The summed E-state index contributed by atoms with van der Waals surface area (Å²) in [5, 5.41) is 3.93. The van der Waals surface area contributed by atoms with Crippen molar-refractivity contribution in [3.8, 4) is 5.75 Å². The Labute approximate surface area is 139 Å². The molecule has 7 nitrogen and oxygen atoms in total. The van der Waals surface area contributed by atoms with E-state index in [0.717, 1.165) is 19.0 Å². The minimum Gasteiger partial charge on any atom is -0.496 e. The number of morpholine rings is 1. The molecule has 0 bridgehead atoms. The van der Waals surface area contributed by atoms with Crippen LogP contribution < -0.4 is 15.1 Å². The Hall–Kier alpha value is -2.80. The van der Waals surface area contributed by atoms with Gasteiger partial charge < -0.3 is 18.8 Å². The number of hydrogen-bond acceptors (Lipinski definition) is 6. The molecule has 1 amide bonds. The van der Waals surface area contributed by atoms with Gasteiger partial charge in [-0.05, 0) is 18.2 Å². The van der Waals surface area contributed by atoms with Crippen molar-refractivity contribution >= 4 is 18.0 Å². The van der Waals surface area contributed by atoms with Crippen molar-refractivity contribution in [3.05, 3.63) is 47.7 Å². The van der Waals surface area contributed by atoms with Gasteiger partial charge in [0.05, 0.1) is 32.1 Å². The lowest BCUT2D eigenvalue weighted by Crippen LogP contribution is -2.35. The number of carbonyl (C=O) groups excluding carboxylic acids is 1. The Morgan fingerprint density at radius 3 is 2.83 bits per heavy atom. The molecule has 0 saturated carbocycles. The fourth-order valence-electron chi connectivity index (χ4n) is 2.41. The number of hydrogen-bond donors (Lipinski definition) is 1. The molecular formula is C17H19N3O4. The first kappa shape index (κ1) is 16.1. The summed E-state index contributed by atoms with van der Waals surface area (Å²) in [4.78, 5) is 14.2. The van der Waals surface area contributed by atoms with Crippen molar-refractivity contribution in [1.29, 1.82) is 0 Å². The molecule has 0 aliphatic carbocycles. The highest BCUT2D eigenvalue weighted by Crippen LogP contribution is 2.19. The Bertz CT molecular complexity index is 720. The molecule has 1 fully saturated rings. The van der Waals surface area contributed by atoms with E-state index in [-0.39, 0.29) is 5.91 Å². The third-order valence-corrected chi connectivity index (χ3v) is 3.64. The van der Waals surface area contributed by atoms with E-state index in [4.69, 9.17) is 13.9 Å². The van der Waals surface area contributed by atoms with Gasteiger partial charge in [0.2, 0.25) is 0 Å². The fraction of sp³-hybridized carbons (Fsp3) is 0.294. The van der Waals surface area contributed by atoms with Crippen LogP contribution in [-0.4, -0.2) is 45.5 Å². The first-order chi connectivity index (χ1) is 11.8. The van der Waals surface area contributed by atoms with Crippen LogP contribution in [0.3, 0.4) is 0 Å². The molecule has 1 aliphatic rings. The van der Waals surface area contributed by atoms with E-state index in [0.29, 0.717) is 30.3 Å². The number of anilines is 1. The summed E-state index contributed by atoms with van der Waals surface area (Å²) < 4.78 is 16.2. The molecule has 0 unspecified atom stereocenters. The van der Waals surface area contributed by atoms with Crippen LogP contribution in [0.2, 0.25) is 0 Å². The van der Waals surface area contributed by atoms with E-state index in [1.165, 1.54) is 13.3 Å². The Morgan fingerprint density at radius 2 is 2.04 bits per heavy atom. The maximum Gasteiger partial charge on any atom is 0.275 e. The van der Waals surface area contributed by atoms with Crippen LogP contribution in [0.25, 0.3) is 0 Å². The molecule has 1 aliphatic heterocycles. The smallest absolute Gasteiger partial charge is 0.275 e. The summed E-state index contributed by atoms with van der Waals surface area (Å²) in [6.45, 7) is 2.99. The molecule has 2 heterocycles. The highest BCUT2D eigenvalue weighted by Gasteiger charge is 2.14. The molecule has 7 heteroatoms. The van der Waals surface area contributed by atoms with Crippen molar-refractivity contribution in [2.45, 2.75) is 0 Å². The second-order valence-corrected chi connectivity index (χ2v) is 5.17. The predicted molar refractivity (Wildman–Crippen MR) is 89.8 cm³/mol. The summed E-state index contributed by atoms with van der Waals surface area (Å²) >= 11 is 0. The Balaban J connectivity index is 1.60. The number of furan rings is 1. The standard InChI is InChI=1S/C17H19N3O4/c1-22-15-5-3-2-4-14(15)17(21)19-18-12-13-6-7-16(24-13)20-8-10-23-11-9-20/h2-7,12H,8-11H2,1H3,(H,19,21)/b18-12-. The van der Waals surface area contributed by atoms with E-state index in [1.54, 1.807) is 24.3 Å². The number of carbonyl (C=O) groups is 1. The van der Waals surface area contributed by atoms with Crippen LogP contribution in [0, 0.1) is 0 Å². The Morgan fingerprint density at radius 1 is 1.25 bits per heavy atom. The molecule has 0 radical (unpaired) electrons. The van der Waals surface area contributed by atoms with Gasteiger partial charge in [-0.15, -0.1) is 0 Å². The number of hydrazone groups is 1. The van der Waals surface area contributed by atoms with Crippen LogP contribution in [0.4, 0.5) is 5.88 Å². The van der Waals surface area contributed by atoms with Gasteiger partial charge in [0.25, 0.3) is 5.91 Å². The summed E-state index contributed by atoms with van der Waals surface area (Å²) in [7, 11) is 1.52. The molecule has 0 spiro atoms. The van der Waals surface area contributed by atoms with E-state index in [1.807, 2.05) is 12.1 Å². The number of ether oxygens (including phenoxy) is 2. The first-order valence-corrected chi connectivity index (χ1v) is 7.67. The minimum absolute atomic E-state index is 0.344. The quantitative estimate of drug-likeness (QED) is 0.670. The van der Waals surface area contributed by atoms with Gasteiger partial charge in [0.1, 0.15) is 11.5 Å². The van der Waals surface area contributed by atoms with Crippen LogP contribution >= 0.6 is 0 Å². The lowest BCUT2D eigenvalue weighted by molar-refractivity contribution is 0.0952. The molecule has 0 atom stereocenters. The van der Waals surface area contributed by atoms with Crippen LogP contribution in [-0.2, 0) is 4.74 Å². The van der Waals surface area contributed by atoms with Crippen LogP contribution in [0.15, 0.2) is 45.9 Å². The molecule has 1 aromatic heterocycles. The molecule has 1 saturated heterocycles. The number of rotatable bonds is 5. The molecule has 126 valence electrons. The number of methoxy groups -OCH3 is 1. The predicted octanol–water partition coefficient (Wildman–Crippen LogP) is 1.89. The highest BCUT2D eigenvalue weighted by atomic mass is 16.5. The SMILES string of the molecule is COc1ccccc1C(=O)N/N=C\c1ccc(N2CCOCC2)o1. The van der Waals surface area contributed by atoms with Crippen molar-refractivity contribution in [3.63, 3.8) is 0 Å². The lowest BCUT2D eigenvalue weighted by Gasteiger charge is -2.26. The van der Waals surface area contributed by atoms with Gasteiger partial charge in [0, 0.05) is 19.2 Å². The van der Waals surface area contributed by atoms with E-state index >= 15 is 0 Å². The summed E-state index contributed by atoms with van der Waals surface area (Å²) in [6, 6.07) is 10.7. The molecule has 1 aromatic carbocycles. The minimum atomic E-state index is -0.344. The van der Waals surface area contributed by atoms with Crippen LogP contribution in [0.5, 0.6) is 5.75 Å². The topological polar surface area (TPSA) is 76.3 Å². The summed E-state index contributed by atoms with van der Waals surface area (Å²) in [5.74, 6) is 1.49. The molecular weight excluding hydrogens is 310 g/mol. The second kappa shape index (κ2) is 7.65. The lowest BCUT2D eigenvalue weighted by atomic mass is 10.2. The van der Waals surface area contributed by atoms with E-state index in [2.05, 4.69) is 15.4 Å². The van der Waals surface area contributed by atoms with Gasteiger partial charge in [-0.2, -0.15) is 5.10 Å². The van der Waals surface area contributed by atoms with E-state index < -0.39 is 0 Å². The number of nitrogens with one attached hydrogen (secondary N) is 1. The van der Waals surface area contributed by atoms with Gasteiger partial charge >= 0.3 is 0 Å². The van der Waals surface area contributed by atoms with Gasteiger partial charge in [-0.1, -0.05) is 12.1 Å². The number of para-hydroxylation sites is 1. The van der Waals surface area contributed by atoms with Crippen LogP contribution in [0.1, 0.15) is 16.1 Å². The van der Waals surface area contributed by atoms with Crippen molar-refractivity contribution < 1.29 is 18.7 Å². The average molecular weight is 329 g/mol. The van der Waals surface area contributed by atoms with Gasteiger partial charge in [-0.3, -0.25) is 4.79 Å². The Kier molecular flexibility index (Phi) is 5.12. The number of benzene rings is 1. The summed E-state index contributed by atoms with van der Waals surface area (Å²) in [6.07, 6.45) is 1.47. The normalized spacial score (nSPS) is 14.8. The zero-order valence-electron chi connectivity index (χ0n) is 13.4. The second-order valence-electron chi connectivity index (χ2n) is 5.17.